The van der Waals surface area contributed by atoms with E-state index in [2.05, 4.69) is 39.2 Å². The second-order valence-electron chi connectivity index (χ2n) is 13.8. The molecule has 0 radical (unpaired) electrons. The van der Waals surface area contributed by atoms with Gasteiger partial charge in [-0.05, 0) is 112 Å². The van der Waals surface area contributed by atoms with Gasteiger partial charge in [-0.15, -0.1) is 0 Å². The molecule has 3 heterocycles. The topological polar surface area (TPSA) is 112 Å². The van der Waals surface area contributed by atoms with Crippen LogP contribution in [-0.4, -0.2) is 55.9 Å². The van der Waals surface area contributed by atoms with E-state index in [1.807, 2.05) is 49.4 Å². The quantitative estimate of drug-likeness (QED) is 0.106. The van der Waals surface area contributed by atoms with E-state index < -0.39 is 17.6 Å². The van der Waals surface area contributed by atoms with Crippen molar-refractivity contribution in [3.8, 4) is 16.9 Å². The number of aryl methyl sites for hydroxylation is 1. The second-order valence-corrected chi connectivity index (χ2v) is 14.2. The fraction of sp³-hybridized carbons (Fsp3) is 0.390. The number of fused-ring (bicyclic) bond motifs is 1. The number of aliphatic hydroxyl groups excluding tert-OH is 1. The molecular formula is C41H47ClFN5O4. The average molecular weight is 728 g/mol. The van der Waals surface area contributed by atoms with Crippen LogP contribution in [0.15, 0.2) is 83.8 Å². The molecule has 6 rings (SSSR count). The molecule has 1 amide bonds. The van der Waals surface area contributed by atoms with Crippen LogP contribution in [-0.2, 0) is 17.8 Å². The highest BCUT2D eigenvalue weighted by atomic mass is 35.5. The van der Waals surface area contributed by atoms with Gasteiger partial charge in [-0.25, -0.2) is 14.0 Å². The Morgan fingerprint density at radius 3 is 2.65 bits per heavy atom. The minimum Gasteiger partial charge on any atom is -0.445 e. The van der Waals surface area contributed by atoms with E-state index in [4.69, 9.17) is 16.3 Å². The van der Waals surface area contributed by atoms with Crippen molar-refractivity contribution in [2.45, 2.75) is 89.9 Å². The van der Waals surface area contributed by atoms with Crippen molar-refractivity contribution in [2.75, 3.05) is 13.2 Å². The highest BCUT2D eigenvalue weighted by Crippen LogP contribution is 2.36. The number of hydrogen-bond donors (Lipinski definition) is 3. The van der Waals surface area contributed by atoms with Crippen LogP contribution in [0.5, 0.6) is 0 Å². The SMILES string of the molecule is CCCN1[C@H](CCO)CCC[C@H]1c1ccc(-n2cc3cc(-c4cc(CCC[C@H](C)NC(=O)OCc5ccccc5)cc(Cl)c4F)[nH]c3nc2=O)cc1. The lowest BCUT2D eigenvalue weighted by Gasteiger charge is -2.42. The Hall–Kier alpha value is -4.51. The largest absolute Gasteiger partial charge is 0.445 e. The summed E-state index contributed by atoms with van der Waals surface area (Å²) < 4.78 is 22.3. The van der Waals surface area contributed by atoms with Gasteiger partial charge in [-0.1, -0.05) is 61.0 Å². The molecule has 0 bridgehead atoms. The summed E-state index contributed by atoms with van der Waals surface area (Å²) in [5, 5.41) is 13.2. The van der Waals surface area contributed by atoms with E-state index in [0.717, 1.165) is 56.2 Å². The second kappa shape index (κ2) is 17.3. The van der Waals surface area contributed by atoms with Crippen LogP contribution in [0.2, 0.25) is 5.02 Å². The van der Waals surface area contributed by atoms with Gasteiger partial charge in [-0.3, -0.25) is 9.47 Å². The number of H-pyrrole nitrogens is 1. The van der Waals surface area contributed by atoms with Gasteiger partial charge in [0.15, 0.2) is 5.82 Å². The van der Waals surface area contributed by atoms with E-state index in [9.17, 15) is 14.7 Å². The molecule has 0 saturated carbocycles. The van der Waals surface area contributed by atoms with Crippen molar-refractivity contribution in [3.63, 3.8) is 0 Å². The molecule has 1 aliphatic rings. The molecule has 11 heteroatoms. The Labute approximate surface area is 308 Å². The number of nitrogens with zero attached hydrogens (tertiary/aromatic N) is 3. The number of nitrogens with one attached hydrogen (secondary N) is 2. The predicted octanol–water partition coefficient (Wildman–Crippen LogP) is 8.50. The Bertz CT molecular complexity index is 2010. The molecular weight excluding hydrogens is 681 g/mol. The molecule has 2 aromatic heterocycles. The third kappa shape index (κ3) is 8.92. The van der Waals surface area contributed by atoms with Gasteiger partial charge in [0, 0.05) is 41.9 Å². The smallest absolute Gasteiger partial charge is 0.407 e. The summed E-state index contributed by atoms with van der Waals surface area (Å²) in [4.78, 5) is 35.4. The summed E-state index contributed by atoms with van der Waals surface area (Å²) in [6.45, 7) is 5.47. The first-order valence-corrected chi connectivity index (χ1v) is 18.7. The Balaban J connectivity index is 1.13. The number of aromatic amines is 1. The maximum atomic E-state index is 15.4. The number of alkyl carbamates (subject to hydrolysis) is 1. The average Bonchev–Trinajstić information content (AvgIpc) is 3.55. The third-order valence-electron chi connectivity index (χ3n) is 9.95. The Morgan fingerprint density at radius 2 is 1.90 bits per heavy atom. The van der Waals surface area contributed by atoms with Crippen molar-refractivity contribution in [2.24, 2.45) is 0 Å². The normalized spacial score (nSPS) is 16.9. The van der Waals surface area contributed by atoms with Crippen molar-refractivity contribution in [3.05, 3.63) is 117 Å². The van der Waals surface area contributed by atoms with Crippen LogP contribution in [0, 0.1) is 5.82 Å². The molecule has 1 aliphatic heterocycles. The minimum absolute atomic E-state index is 0.00703. The zero-order valence-corrected chi connectivity index (χ0v) is 30.5. The minimum atomic E-state index is -0.556. The number of aliphatic hydroxyl groups is 1. The molecule has 5 aromatic rings. The van der Waals surface area contributed by atoms with Gasteiger partial charge in [0.05, 0.1) is 16.4 Å². The first kappa shape index (κ1) is 37.3. The standard InChI is InChI=1S/C41H47ClFN5O4/c1-3-20-47-32(19-21-49)13-8-14-37(47)30-15-17-33(18-16-30)48-25-31-24-36(45-39(31)46-40(48)50)34-22-29(23-35(42)38(34)43)12-7-9-27(2)44-41(51)52-26-28-10-5-4-6-11-28/h4-6,10-11,15-18,22-25,27,32,37,49H,3,7-9,12-14,19-21,26H2,1-2H3,(H,44,51)(H,45,46,50)/t27-,32-,37-/m0/s1. The highest BCUT2D eigenvalue weighted by Gasteiger charge is 2.30. The van der Waals surface area contributed by atoms with E-state index in [1.54, 1.807) is 24.4 Å². The molecule has 0 unspecified atom stereocenters. The zero-order chi connectivity index (χ0) is 36.6. The van der Waals surface area contributed by atoms with E-state index in [0.29, 0.717) is 46.9 Å². The lowest BCUT2D eigenvalue weighted by Crippen LogP contribution is -2.42. The summed E-state index contributed by atoms with van der Waals surface area (Å²) in [6, 6.07) is 23.3. The maximum absolute atomic E-state index is 15.4. The number of halogens is 2. The van der Waals surface area contributed by atoms with E-state index in [1.165, 1.54) is 10.1 Å². The third-order valence-corrected chi connectivity index (χ3v) is 10.2. The molecule has 3 N–H and O–H groups in total. The molecule has 52 heavy (non-hydrogen) atoms. The first-order chi connectivity index (χ1) is 25.2. The maximum Gasteiger partial charge on any atom is 0.407 e. The van der Waals surface area contributed by atoms with Crippen molar-refractivity contribution < 1.29 is 19.0 Å². The number of rotatable bonds is 14. The number of hydrogen-bond acceptors (Lipinski definition) is 6. The van der Waals surface area contributed by atoms with Gasteiger partial charge in [-0.2, -0.15) is 4.98 Å². The fourth-order valence-electron chi connectivity index (χ4n) is 7.36. The first-order valence-electron chi connectivity index (χ1n) is 18.3. The van der Waals surface area contributed by atoms with Gasteiger partial charge < -0.3 is 20.1 Å². The number of aromatic nitrogens is 3. The van der Waals surface area contributed by atoms with Crippen molar-refractivity contribution >= 4 is 28.7 Å². The number of likely N-dealkylation sites (tertiary alicyclic amines) is 1. The van der Waals surface area contributed by atoms with Gasteiger partial charge in [0.1, 0.15) is 12.3 Å². The van der Waals surface area contributed by atoms with Crippen LogP contribution in [0.4, 0.5) is 9.18 Å². The number of ether oxygens (including phenoxy) is 1. The predicted molar refractivity (Wildman–Crippen MR) is 203 cm³/mol. The van der Waals surface area contributed by atoms with E-state index >= 15 is 4.39 Å². The van der Waals surface area contributed by atoms with E-state index in [-0.39, 0.29) is 30.3 Å². The Kier molecular flexibility index (Phi) is 12.4. The number of carbonyl (C=O) groups is 1. The summed E-state index contributed by atoms with van der Waals surface area (Å²) in [6.07, 6.45) is 8.40. The van der Waals surface area contributed by atoms with Gasteiger partial charge in [0.2, 0.25) is 0 Å². The summed E-state index contributed by atoms with van der Waals surface area (Å²) in [5.74, 6) is -0.556. The monoisotopic (exact) mass is 727 g/mol. The van der Waals surface area contributed by atoms with Crippen molar-refractivity contribution in [1.82, 2.24) is 24.8 Å². The lowest BCUT2D eigenvalue weighted by molar-refractivity contribution is 0.0651. The zero-order valence-electron chi connectivity index (χ0n) is 29.8. The molecule has 9 nitrogen and oxygen atoms in total. The molecule has 0 aliphatic carbocycles. The van der Waals surface area contributed by atoms with Crippen LogP contribution < -0.4 is 11.0 Å². The number of piperidine rings is 1. The fourth-order valence-corrected chi connectivity index (χ4v) is 7.61. The van der Waals surface area contributed by atoms with Crippen LogP contribution in [0.1, 0.15) is 81.5 Å². The van der Waals surface area contributed by atoms with Crippen LogP contribution in [0.25, 0.3) is 28.0 Å². The van der Waals surface area contributed by atoms with Crippen LogP contribution in [0.3, 0.4) is 0 Å². The molecule has 1 fully saturated rings. The van der Waals surface area contributed by atoms with Crippen molar-refractivity contribution in [1.29, 1.82) is 0 Å². The molecule has 3 aromatic carbocycles. The number of amides is 1. The summed E-state index contributed by atoms with van der Waals surface area (Å²) in [7, 11) is 0. The summed E-state index contributed by atoms with van der Waals surface area (Å²) >= 11 is 6.37. The molecule has 274 valence electrons. The lowest BCUT2D eigenvalue weighted by atomic mass is 9.89. The highest BCUT2D eigenvalue weighted by molar-refractivity contribution is 6.31. The van der Waals surface area contributed by atoms with Gasteiger partial charge >= 0.3 is 11.8 Å². The number of benzene rings is 3. The molecule has 1 saturated heterocycles. The van der Waals surface area contributed by atoms with Gasteiger partial charge in [0.25, 0.3) is 0 Å². The number of carbonyl (C=O) groups excluding carboxylic acids is 1. The molecule has 3 atom stereocenters. The van der Waals surface area contributed by atoms with Crippen LogP contribution >= 0.6 is 11.6 Å². The Morgan fingerprint density at radius 1 is 1.12 bits per heavy atom. The summed E-state index contributed by atoms with van der Waals surface area (Å²) in [5.41, 5.74) is 4.35. The molecule has 0 spiro atoms.